The Morgan fingerprint density at radius 1 is 1.00 bits per heavy atom. The van der Waals surface area contributed by atoms with E-state index >= 15 is 0 Å². The van der Waals surface area contributed by atoms with Crippen molar-refractivity contribution in [2.45, 2.75) is 31.8 Å². The van der Waals surface area contributed by atoms with Gasteiger partial charge in [-0.15, -0.1) is 0 Å². The number of unbranched alkanes of at least 4 members (excludes halogenated alkanes) is 2. The monoisotopic (exact) mass is 378 g/mol. The molecule has 0 aliphatic heterocycles. The second-order valence-corrected chi connectivity index (χ2v) is 6.06. The summed E-state index contributed by atoms with van der Waals surface area (Å²) in [4.78, 5) is 10.5. The van der Waals surface area contributed by atoms with E-state index in [4.69, 9.17) is 9.84 Å². The molecule has 0 saturated carbocycles. The molecular weight excluding hydrogens is 357 g/mol. The van der Waals surface area contributed by atoms with Gasteiger partial charge in [0.15, 0.2) is 0 Å². The molecule has 27 heavy (non-hydrogen) atoms. The van der Waals surface area contributed by atoms with E-state index in [0.717, 1.165) is 30.9 Å². The zero-order valence-electron chi connectivity index (χ0n) is 14.7. The van der Waals surface area contributed by atoms with Crippen LogP contribution in [0, 0.1) is 0 Å². The highest BCUT2D eigenvalue weighted by atomic mass is 19.3. The van der Waals surface area contributed by atoms with E-state index in [0.29, 0.717) is 12.0 Å². The van der Waals surface area contributed by atoms with Crippen LogP contribution >= 0.6 is 0 Å². The number of carboxylic acid groups (broad SMARTS) is 1. The maximum absolute atomic E-state index is 14.3. The van der Waals surface area contributed by atoms with Crippen LogP contribution < -0.4 is 4.74 Å². The van der Waals surface area contributed by atoms with Crippen molar-refractivity contribution in [3.05, 3.63) is 71.3 Å². The molecule has 0 aliphatic carbocycles. The number of hydrogen-bond donors (Lipinski definition) is 1. The molecule has 3 nitrogen and oxygen atoms in total. The van der Waals surface area contributed by atoms with Crippen LogP contribution in [0.3, 0.4) is 0 Å². The van der Waals surface area contributed by atoms with Crippen LogP contribution in [0.25, 0.3) is 6.08 Å². The van der Waals surface area contributed by atoms with E-state index in [-0.39, 0.29) is 18.0 Å². The van der Waals surface area contributed by atoms with Gasteiger partial charge in [-0.1, -0.05) is 30.7 Å². The van der Waals surface area contributed by atoms with Crippen LogP contribution in [0.4, 0.5) is 13.2 Å². The van der Waals surface area contributed by atoms with Crippen molar-refractivity contribution in [3.8, 4) is 5.75 Å². The lowest BCUT2D eigenvalue weighted by Gasteiger charge is -2.18. The highest BCUT2D eigenvalue weighted by molar-refractivity contribution is 5.85. The summed E-state index contributed by atoms with van der Waals surface area (Å²) in [6.45, 7) is -0.321. The normalized spacial score (nSPS) is 11.7. The second-order valence-electron chi connectivity index (χ2n) is 6.06. The van der Waals surface area contributed by atoms with Gasteiger partial charge in [-0.25, -0.2) is 4.79 Å². The van der Waals surface area contributed by atoms with Crippen LogP contribution in [-0.4, -0.2) is 17.8 Å². The van der Waals surface area contributed by atoms with Crippen molar-refractivity contribution in [2.75, 3.05) is 6.67 Å². The van der Waals surface area contributed by atoms with Gasteiger partial charge in [0.1, 0.15) is 5.75 Å². The predicted molar refractivity (Wildman–Crippen MR) is 97.6 cm³/mol. The molecule has 2 aromatic rings. The van der Waals surface area contributed by atoms with Gasteiger partial charge in [-0.2, -0.15) is 8.78 Å². The topological polar surface area (TPSA) is 46.5 Å². The Morgan fingerprint density at radius 2 is 1.67 bits per heavy atom. The minimum atomic E-state index is -3.52. The summed E-state index contributed by atoms with van der Waals surface area (Å²) in [6.07, 6.45) is 1.69. The largest absolute Gasteiger partial charge is 0.478 e. The first-order valence-corrected chi connectivity index (χ1v) is 8.64. The molecule has 0 saturated heterocycles. The van der Waals surface area contributed by atoms with Crippen molar-refractivity contribution in [1.82, 2.24) is 0 Å². The molecule has 0 unspecified atom stereocenters. The zero-order chi connectivity index (χ0) is 19.7. The highest BCUT2D eigenvalue weighted by Gasteiger charge is 2.34. The Hall–Kier alpha value is -2.76. The first kappa shape index (κ1) is 20.6. The molecular formula is C21H21F3O3. The summed E-state index contributed by atoms with van der Waals surface area (Å²) in [5, 5.41) is 8.57. The lowest BCUT2D eigenvalue weighted by molar-refractivity contribution is -0.185. The molecule has 0 fully saturated rings. The Morgan fingerprint density at radius 3 is 2.26 bits per heavy atom. The van der Waals surface area contributed by atoms with Gasteiger partial charge in [-0.05, 0) is 60.7 Å². The van der Waals surface area contributed by atoms with E-state index < -0.39 is 12.1 Å². The van der Waals surface area contributed by atoms with Crippen LogP contribution in [0.5, 0.6) is 5.75 Å². The number of hydrogen-bond acceptors (Lipinski definition) is 2. The molecule has 0 aromatic heterocycles. The number of ether oxygens (including phenoxy) is 1. The molecule has 6 heteroatoms. The first-order chi connectivity index (χ1) is 12.9. The summed E-state index contributed by atoms with van der Waals surface area (Å²) in [7, 11) is 0. The van der Waals surface area contributed by atoms with Crippen molar-refractivity contribution in [3.63, 3.8) is 0 Å². The second kappa shape index (κ2) is 9.80. The molecule has 0 bridgehead atoms. The van der Waals surface area contributed by atoms with Crippen molar-refractivity contribution >= 4 is 12.0 Å². The summed E-state index contributed by atoms with van der Waals surface area (Å²) in [5.74, 6) is -1.07. The molecule has 0 amide bonds. The number of benzene rings is 2. The van der Waals surface area contributed by atoms with Gasteiger partial charge in [0.2, 0.25) is 0 Å². The van der Waals surface area contributed by atoms with Gasteiger partial charge in [-0.3, -0.25) is 4.39 Å². The zero-order valence-corrected chi connectivity index (χ0v) is 14.7. The Labute approximate surface area is 156 Å². The van der Waals surface area contributed by atoms with Crippen molar-refractivity contribution in [1.29, 1.82) is 0 Å². The van der Waals surface area contributed by atoms with Gasteiger partial charge < -0.3 is 9.84 Å². The fraction of sp³-hybridized carbons (Fsp3) is 0.286. The molecule has 1 N–H and O–H groups in total. The lowest BCUT2D eigenvalue weighted by atomic mass is 10.1. The molecule has 144 valence electrons. The Bertz CT molecular complexity index is 753. The van der Waals surface area contributed by atoms with Crippen LogP contribution in [0.1, 0.15) is 36.0 Å². The molecule has 0 spiro atoms. The number of aryl methyl sites for hydroxylation is 1. The highest BCUT2D eigenvalue weighted by Crippen LogP contribution is 2.32. The van der Waals surface area contributed by atoms with E-state index in [1.807, 2.05) is 0 Å². The number of carboxylic acids is 1. The van der Waals surface area contributed by atoms with Gasteiger partial charge in [0.25, 0.3) is 0 Å². The van der Waals surface area contributed by atoms with Gasteiger partial charge in [0.05, 0.1) is 12.2 Å². The third-order valence-electron chi connectivity index (χ3n) is 3.93. The number of rotatable bonds is 10. The minimum absolute atomic E-state index is 0.0438. The molecule has 2 aromatic carbocycles. The number of carbonyl (C=O) groups is 1. The van der Waals surface area contributed by atoms with E-state index in [9.17, 15) is 18.0 Å². The SMILES string of the molecule is O=C(O)/C=C/c1ccc(C(F)(F)Oc2ccc(CCCCCF)cc2)cc1. The average molecular weight is 378 g/mol. The first-order valence-electron chi connectivity index (χ1n) is 8.64. The summed E-state index contributed by atoms with van der Waals surface area (Å²) in [6, 6.07) is 11.6. The number of aliphatic carboxylic acids is 1. The Kier molecular flexibility index (Phi) is 7.46. The summed E-state index contributed by atoms with van der Waals surface area (Å²) < 4.78 is 45.5. The van der Waals surface area contributed by atoms with Gasteiger partial charge in [0, 0.05) is 6.08 Å². The maximum atomic E-state index is 14.3. The molecule has 0 radical (unpaired) electrons. The molecule has 0 heterocycles. The van der Waals surface area contributed by atoms with Crippen LogP contribution in [-0.2, 0) is 17.3 Å². The Balaban J connectivity index is 1.97. The van der Waals surface area contributed by atoms with E-state index in [1.165, 1.54) is 42.5 Å². The summed E-state index contributed by atoms with van der Waals surface area (Å²) in [5.41, 5.74) is 1.15. The van der Waals surface area contributed by atoms with Gasteiger partial charge >= 0.3 is 12.1 Å². The third kappa shape index (κ3) is 6.81. The van der Waals surface area contributed by atoms with E-state index in [2.05, 4.69) is 0 Å². The fourth-order valence-electron chi connectivity index (χ4n) is 2.49. The molecule has 2 rings (SSSR count). The smallest absolute Gasteiger partial charge is 0.426 e. The van der Waals surface area contributed by atoms with Crippen LogP contribution in [0.2, 0.25) is 0 Å². The molecule has 0 aliphatic rings. The maximum Gasteiger partial charge on any atom is 0.426 e. The number of alkyl halides is 3. The summed E-state index contributed by atoms with van der Waals surface area (Å²) >= 11 is 0. The quantitative estimate of drug-likeness (QED) is 0.433. The number of halogens is 3. The van der Waals surface area contributed by atoms with Crippen molar-refractivity contribution in [2.24, 2.45) is 0 Å². The van der Waals surface area contributed by atoms with E-state index in [1.54, 1.807) is 12.1 Å². The minimum Gasteiger partial charge on any atom is -0.478 e. The predicted octanol–water partition coefficient (Wildman–Crippen LogP) is 5.60. The third-order valence-corrected chi connectivity index (χ3v) is 3.93. The van der Waals surface area contributed by atoms with Crippen molar-refractivity contribution < 1.29 is 27.8 Å². The average Bonchev–Trinajstić information content (AvgIpc) is 2.65. The molecule has 0 atom stereocenters. The lowest BCUT2D eigenvalue weighted by Crippen LogP contribution is -2.21. The standard InChI is InChI=1S/C21H21F3O3/c22-15-3-1-2-4-16-7-12-19(13-8-16)27-21(23,24)18-10-5-17(6-11-18)9-14-20(25)26/h5-14H,1-4,15H2,(H,25,26)/b14-9+. The fourth-order valence-corrected chi connectivity index (χ4v) is 2.49. The van der Waals surface area contributed by atoms with Crippen LogP contribution in [0.15, 0.2) is 54.6 Å².